The molecule has 0 saturated carbocycles. The minimum absolute atomic E-state index is 0. The van der Waals surface area contributed by atoms with Gasteiger partial charge in [-0.05, 0) is 12.1 Å². The van der Waals surface area contributed by atoms with Gasteiger partial charge in [0, 0.05) is 0 Å². The molecule has 0 amide bonds. The van der Waals surface area contributed by atoms with Gasteiger partial charge in [-0.3, -0.25) is 0 Å². The third-order valence-corrected chi connectivity index (χ3v) is 0.732. The molecule has 0 aliphatic heterocycles. The van der Waals surface area contributed by atoms with E-state index < -0.39 is 5.97 Å². The van der Waals surface area contributed by atoms with Crippen LogP contribution in [-0.2, 0) is 0 Å². The van der Waals surface area contributed by atoms with Gasteiger partial charge in [0.25, 0.3) is 0 Å². The van der Waals surface area contributed by atoms with Crippen molar-refractivity contribution in [2.45, 2.75) is 0 Å². The first-order valence-electron chi connectivity index (χ1n) is 2.07. The van der Waals surface area contributed by atoms with Crippen LogP contribution in [0.4, 0.5) is 0 Å². The molecular formula is C5H6O4. The Morgan fingerprint density at radius 2 is 2.33 bits per heavy atom. The highest BCUT2D eigenvalue weighted by atomic mass is 16.4. The number of furan rings is 1. The van der Waals surface area contributed by atoms with Crippen molar-refractivity contribution in [3.05, 3.63) is 24.2 Å². The minimum atomic E-state index is -1.03. The number of carbonyl (C=O) groups is 1. The molecule has 1 aromatic rings. The summed E-state index contributed by atoms with van der Waals surface area (Å²) in [5.41, 5.74) is 0. The Morgan fingerprint density at radius 1 is 1.67 bits per heavy atom. The summed E-state index contributed by atoms with van der Waals surface area (Å²) in [6.45, 7) is 0. The normalized spacial score (nSPS) is 8.00. The highest BCUT2D eigenvalue weighted by molar-refractivity contribution is 5.84. The largest absolute Gasteiger partial charge is 0.475 e. The molecule has 50 valence electrons. The Morgan fingerprint density at radius 3 is 2.56 bits per heavy atom. The van der Waals surface area contributed by atoms with Crippen molar-refractivity contribution >= 4 is 5.97 Å². The highest BCUT2D eigenvalue weighted by Gasteiger charge is 2.01. The molecular weight excluding hydrogens is 124 g/mol. The monoisotopic (exact) mass is 130 g/mol. The first-order valence-corrected chi connectivity index (χ1v) is 2.07. The summed E-state index contributed by atoms with van der Waals surface area (Å²) >= 11 is 0. The van der Waals surface area contributed by atoms with Crippen molar-refractivity contribution in [3.8, 4) is 0 Å². The molecule has 0 bridgehead atoms. The van der Waals surface area contributed by atoms with Crippen molar-refractivity contribution in [3.63, 3.8) is 0 Å². The van der Waals surface area contributed by atoms with E-state index >= 15 is 0 Å². The van der Waals surface area contributed by atoms with Gasteiger partial charge < -0.3 is 15.0 Å². The van der Waals surface area contributed by atoms with Gasteiger partial charge in [0.15, 0.2) is 0 Å². The summed E-state index contributed by atoms with van der Waals surface area (Å²) in [6, 6.07) is 2.92. The number of carboxylic acid groups (broad SMARTS) is 1. The van der Waals surface area contributed by atoms with Crippen molar-refractivity contribution in [2.24, 2.45) is 0 Å². The van der Waals surface area contributed by atoms with Gasteiger partial charge in [-0.1, -0.05) is 0 Å². The molecule has 0 aromatic carbocycles. The lowest BCUT2D eigenvalue weighted by Crippen LogP contribution is -1.90. The molecule has 0 atom stereocenters. The van der Waals surface area contributed by atoms with E-state index in [1.54, 1.807) is 0 Å². The maximum absolute atomic E-state index is 9.97. The molecule has 0 aliphatic rings. The Balaban J connectivity index is 0.000000640. The molecule has 3 N–H and O–H groups in total. The van der Waals surface area contributed by atoms with Crippen molar-refractivity contribution in [2.75, 3.05) is 0 Å². The van der Waals surface area contributed by atoms with Crippen LogP contribution in [0.3, 0.4) is 0 Å². The molecule has 1 heterocycles. The van der Waals surface area contributed by atoms with Crippen molar-refractivity contribution in [1.29, 1.82) is 0 Å². The second-order valence-electron chi connectivity index (χ2n) is 1.28. The van der Waals surface area contributed by atoms with E-state index in [9.17, 15) is 4.79 Å². The highest BCUT2D eigenvalue weighted by Crippen LogP contribution is 1.97. The van der Waals surface area contributed by atoms with Gasteiger partial charge in [0.05, 0.1) is 6.26 Å². The van der Waals surface area contributed by atoms with E-state index in [-0.39, 0.29) is 11.2 Å². The second-order valence-corrected chi connectivity index (χ2v) is 1.28. The molecule has 0 unspecified atom stereocenters. The SMILES string of the molecule is O.O=C(O)c1ccco1. The van der Waals surface area contributed by atoms with Crippen molar-refractivity contribution in [1.82, 2.24) is 0 Å². The van der Waals surface area contributed by atoms with Gasteiger partial charge >= 0.3 is 5.97 Å². The van der Waals surface area contributed by atoms with Crippen LogP contribution in [0.5, 0.6) is 0 Å². The molecule has 0 radical (unpaired) electrons. The lowest BCUT2D eigenvalue weighted by Gasteiger charge is -1.79. The van der Waals surface area contributed by atoms with Gasteiger partial charge in [0.2, 0.25) is 5.76 Å². The van der Waals surface area contributed by atoms with Crippen LogP contribution in [0.1, 0.15) is 10.6 Å². The average Bonchev–Trinajstić information content (AvgIpc) is 2.12. The van der Waals surface area contributed by atoms with Crippen LogP contribution in [0.15, 0.2) is 22.8 Å². The molecule has 0 spiro atoms. The number of hydrogen-bond acceptors (Lipinski definition) is 2. The van der Waals surface area contributed by atoms with Gasteiger partial charge in [-0.2, -0.15) is 0 Å². The van der Waals surface area contributed by atoms with Gasteiger partial charge in [-0.15, -0.1) is 0 Å². The fourth-order valence-corrected chi connectivity index (χ4v) is 0.400. The maximum Gasteiger partial charge on any atom is 0.371 e. The predicted molar refractivity (Wildman–Crippen MR) is 29.3 cm³/mol. The van der Waals surface area contributed by atoms with Crippen LogP contribution < -0.4 is 0 Å². The first-order chi connectivity index (χ1) is 3.80. The Kier molecular flexibility index (Phi) is 2.47. The lowest BCUT2D eigenvalue weighted by molar-refractivity contribution is 0.0662. The topological polar surface area (TPSA) is 81.9 Å². The molecule has 0 fully saturated rings. The molecule has 0 aliphatic carbocycles. The number of rotatable bonds is 1. The molecule has 9 heavy (non-hydrogen) atoms. The first kappa shape index (κ1) is 7.71. The summed E-state index contributed by atoms with van der Waals surface area (Å²) in [5, 5.41) is 8.18. The summed E-state index contributed by atoms with van der Waals surface area (Å²) in [6.07, 6.45) is 1.32. The van der Waals surface area contributed by atoms with E-state index in [2.05, 4.69) is 4.42 Å². The summed E-state index contributed by atoms with van der Waals surface area (Å²) in [7, 11) is 0. The Bertz CT molecular complexity index is 177. The van der Waals surface area contributed by atoms with Crippen LogP contribution in [-0.4, -0.2) is 16.6 Å². The van der Waals surface area contributed by atoms with E-state index in [1.165, 1.54) is 18.4 Å². The summed E-state index contributed by atoms with van der Waals surface area (Å²) in [4.78, 5) is 9.97. The number of hydrogen-bond donors (Lipinski definition) is 1. The Hall–Kier alpha value is -1.29. The van der Waals surface area contributed by atoms with E-state index in [0.717, 1.165) is 0 Å². The Labute approximate surface area is 51.0 Å². The molecule has 4 heteroatoms. The zero-order chi connectivity index (χ0) is 5.98. The zero-order valence-corrected chi connectivity index (χ0v) is 4.50. The van der Waals surface area contributed by atoms with Gasteiger partial charge in [0.1, 0.15) is 0 Å². The fourth-order valence-electron chi connectivity index (χ4n) is 0.400. The second kappa shape index (κ2) is 2.88. The molecule has 1 rings (SSSR count). The van der Waals surface area contributed by atoms with Crippen LogP contribution in [0, 0.1) is 0 Å². The quantitative estimate of drug-likeness (QED) is 0.587. The standard InChI is InChI=1S/C5H4O3.H2O/c6-5(7)4-2-1-3-8-4;/h1-3H,(H,6,7);1H2. The minimum Gasteiger partial charge on any atom is -0.475 e. The summed E-state index contributed by atoms with van der Waals surface area (Å²) in [5.74, 6) is -1.06. The number of aromatic carboxylic acids is 1. The number of carboxylic acids is 1. The zero-order valence-electron chi connectivity index (χ0n) is 4.50. The lowest BCUT2D eigenvalue weighted by atomic mass is 10.5. The smallest absolute Gasteiger partial charge is 0.371 e. The summed E-state index contributed by atoms with van der Waals surface area (Å²) < 4.78 is 4.50. The van der Waals surface area contributed by atoms with Crippen LogP contribution >= 0.6 is 0 Å². The maximum atomic E-state index is 9.97. The van der Waals surface area contributed by atoms with Crippen LogP contribution in [0.25, 0.3) is 0 Å². The van der Waals surface area contributed by atoms with Gasteiger partial charge in [-0.25, -0.2) is 4.79 Å². The molecule has 4 nitrogen and oxygen atoms in total. The molecule has 0 saturated heterocycles. The molecule has 1 aromatic heterocycles. The van der Waals surface area contributed by atoms with E-state index in [4.69, 9.17) is 5.11 Å². The fraction of sp³-hybridized carbons (Fsp3) is 0. The average molecular weight is 130 g/mol. The van der Waals surface area contributed by atoms with Crippen molar-refractivity contribution < 1.29 is 19.8 Å². The predicted octanol–water partition coefficient (Wildman–Crippen LogP) is 0.153. The van der Waals surface area contributed by atoms with E-state index in [0.29, 0.717) is 0 Å². The third-order valence-electron chi connectivity index (χ3n) is 0.732. The van der Waals surface area contributed by atoms with E-state index in [1.807, 2.05) is 0 Å². The van der Waals surface area contributed by atoms with Crippen LogP contribution in [0.2, 0.25) is 0 Å². The third kappa shape index (κ3) is 1.58.